The summed E-state index contributed by atoms with van der Waals surface area (Å²) in [6, 6.07) is 13.8. The second-order valence-electron chi connectivity index (χ2n) is 7.00. The van der Waals surface area contributed by atoms with Gasteiger partial charge in [-0.25, -0.2) is 0 Å². The van der Waals surface area contributed by atoms with Crippen molar-refractivity contribution in [2.24, 2.45) is 0 Å². The van der Waals surface area contributed by atoms with Crippen molar-refractivity contribution >= 4 is 17.4 Å². The fourth-order valence-corrected chi connectivity index (χ4v) is 3.13. The third-order valence-electron chi connectivity index (χ3n) is 4.62. The fraction of sp³-hybridized carbons (Fsp3) is 0.273. The average molecular weight is 378 g/mol. The van der Waals surface area contributed by atoms with Gasteiger partial charge in [0.15, 0.2) is 5.82 Å². The molecule has 0 spiro atoms. The molecule has 0 unspecified atom stereocenters. The summed E-state index contributed by atoms with van der Waals surface area (Å²) in [5.74, 6) is 1.51. The molecule has 0 aliphatic carbocycles. The minimum atomic E-state index is -0.105. The van der Waals surface area contributed by atoms with Gasteiger partial charge in [0.25, 0.3) is 0 Å². The number of carbonyl (C=O) groups is 1. The van der Waals surface area contributed by atoms with Crippen LogP contribution in [0.2, 0.25) is 0 Å². The molecule has 1 N–H and O–H groups in total. The van der Waals surface area contributed by atoms with E-state index in [-0.39, 0.29) is 12.5 Å². The van der Waals surface area contributed by atoms with Gasteiger partial charge in [-0.15, -0.1) is 0 Å². The summed E-state index contributed by atoms with van der Waals surface area (Å²) in [6.45, 7) is 4.12. The number of rotatable bonds is 6. The molecule has 6 nitrogen and oxygen atoms in total. The smallest absolute Gasteiger partial charge is 0.246 e. The molecule has 28 heavy (non-hydrogen) atoms. The quantitative estimate of drug-likeness (QED) is 0.707. The molecular formula is C22H26N4O2. The summed E-state index contributed by atoms with van der Waals surface area (Å²) in [7, 11) is 5.53. The highest BCUT2D eigenvalue weighted by Crippen LogP contribution is 2.30. The maximum atomic E-state index is 12.6. The lowest BCUT2D eigenvalue weighted by Gasteiger charge is -2.12. The Labute approximate surface area is 165 Å². The van der Waals surface area contributed by atoms with E-state index in [0.29, 0.717) is 0 Å². The molecule has 0 atom stereocenters. The van der Waals surface area contributed by atoms with Gasteiger partial charge in [-0.05, 0) is 42.7 Å². The molecule has 3 aromatic rings. The molecular weight excluding hydrogens is 352 g/mol. The first-order chi connectivity index (χ1) is 13.4. The van der Waals surface area contributed by atoms with Gasteiger partial charge in [0.2, 0.25) is 5.91 Å². The van der Waals surface area contributed by atoms with E-state index in [2.05, 4.69) is 10.4 Å². The van der Waals surface area contributed by atoms with Gasteiger partial charge in [0.1, 0.15) is 12.3 Å². The van der Waals surface area contributed by atoms with Crippen molar-refractivity contribution in [3.63, 3.8) is 0 Å². The number of hydrogen-bond acceptors (Lipinski definition) is 4. The van der Waals surface area contributed by atoms with Crippen molar-refractivity contribution in [2.45, 2.75) is 20.4 Å². The lowest BCUT2D eigenvalue weighted by Crippen LogP contribution is -2.20. The number of anilines is 2. The predicted octanol–water partition coefficient (Wildman–Crippen LogP) is 3.88. The summed E-state index contributed by atoms with van der Waals surface area (Å²) in [5.41, 5.74) is 4.93. The monoisotopic (exact) mass is 378 g/mol. The largest absolute Gasteiger partial charge is 0.497 e. The number of para-hydroxylation sites is 1. The van der Waals surface area contributed by atoms with E-state index in [1.807, 2.05) is 81.5 Å². The van der Waals surface area contributed by atoms with Gasteiger partial charge in [-0.1, -0.05) is 30.3 Å². The molecule has 0 saturated carbocycles. The number of benzene rings is 2. The van der Waals surface area contributed by atoms with E-state index in [1.54, 1.807) is 11.8 Å². The molecule has 0 bridgehead atoms. The molecule has 0 fully saturated rings. The van der Waals surface area contributed by atoms with Crippen LogP contribution in [0.4, 0.5) is 11.5 Å². The Balaban J connectivity index is 1.83. The number of nitrogens with one attached hydrogen (secondary N) is 1. The zero-order chi connectivity index (χ0) is 20.3. The average Bonchev–Trinajstić information content (AvgIpc) is 3.09. The Morgan fingerprint density at radius 2 is 1.75 bits per heavy atom. The molecule has 2 aromatic carbocycles. The van der Waals surface area contributed by atoms with Crippen LogP contribution < -0.4 is 15.0 Å². The molecule has 3 rings (SSSR count). The van der Waals surface area contributed by atoms with Crippen molar-refractivity contribution in [1.82, 2.24) is 9.78 Å². The molecule has 146 valence electrons. The number of aryl methyl sites for hydroxylation is 2. The first-order valence-electron chi connectivity index (χ1n) is 9.14. The SMILES string of the molecule is COc1ccc(-c2cn(CC(=O)Nc3c(C)cccc3C)nc2N(C)C)cc1. The Bertz CT molecular complexity index is 954. The van der Waals surface area contributed by atoms with Crippen LogP contribution in [0, 0.1) is 13.8 Å². The van der Waals surface area contributed by atoms with Gasteiger partial charge < -0.3 is 15.0 Å². The molecule has 1 amide bonds. The molecule has 6 heteroatoms. The number of hydrogen-bond donors (Lipinski definition) is 1. The summed E-state index contributed by atoms with van der Waals surface area (Å²) in [4.78, 5) is 14.5. The number of nitrogens with zero attached hydrogens (tertiary/aromatic N) is 3. The summed E-state index contributed by atoms with van der Waals surface area (Å²) in [6.07, 6.45) is 1.90. The lowest BCUT2D eigenvalue weighted by atomic mass is 10.1. The maximum Gasteiger partial charge on any atom is 0.246 e. The van der Waals surface area contributed by atoms with E-state index in [1.165, 1.54) is 0 Å². The molecule has 1 heterocycles. The Morgan fingerprint density at radius 1 is 1.11 bits per heavy atom. The molecule has 0 radical (unpaired) electrons. The van der Waals surface area contributed by atoms with E-state index in [0.717, 1.165) is 39.5 Å². The van der Waals surface area contributed by atoms with Crippen LogP contribution in [0.25, 0.3) is 11.1 Å². The Hall–Kier alpha value is -3.28. The highest BCUT2D eigenvalue weighted by Gasteiger charge is 2.15. The zero-order valence-corrected chi connectivity index (χ0v) is 17.0. The summed E-state index contributed by atoms with van der Waals surface area (Å²) >= 11 is 0. The van der Waals surface area contributed by atoms with Crippen molar-refractivity contribution < 1.29 is 9.53 Å². The predicted molar refractivity (Wildman–Crippen MR) is 113 cm³/mol. The number of methoxy groups -OCH3 is 1. The zero-order valence-electron chi connectivity index (χ0n) is 17.0. The fourth-order valence-electron chi connectivity index (χ4n) is 3.13. The second-order valence-corrected chi connectivity index (χ2v) is 7.00. The lowest BCUT2D eigenvalue weighted by molar-refractivity contribution is -0.116. The van der Waals surface area contributed by atoms with E-state index in [4.69, 9.17) is 4.74 Å². The van der Waals surface area contributed by atoms with Crippen LogP contribution >= 0.6 is 0 Å². The van der Waals surface area contributed by atoms with Crippen LogP contribution in [-0.2, 0) is 11.3 Å². The van der Waals surface area contributed by atoms with E-state index >= 15 is 0 Å². The van der Waals surface area contributed by atoms with E-state index < -0.39 is 0 Å². The first kappa shape index (κ1) is 19.5. The van der Waals surface area contributed by atoms with Crippen LogP contribution in [0.3, 0.4) is 0 Å². The molecule has 0 saturated heterocycles. The highest BCUT2D eigenvalue weighted by molar-refractivity contribution is 5.92. The van der Waals surface area contributed by atoms with Crippen LogP contribution in [-0.4, -0.2) is 36.9 Å². The van der Waals surface area contributed by atoms with Gasteiger partial charge in [0.05, 0.1) is 7.11 Å². The maximum absolute atomic E-state index is 12.6. The molecule has 1 aromatic heterocycles. The van der Waals surface area contributed by atoms with Crippen molar-refractivity contribution in [1.29, 1.82) is 0 Å². The topological polar surface area (TPSA) is 59.4 Å². The van der Waals surface area contributed by atoms with Crippen LogP contribution in [0.15, 0.2) is 48.7 Å². The standard InChI is InChI=1S/C22H26N4O2/c1-15-7-6-8-16(2)21(15)23-20(27)14-26-13-19(22(24-26)25(3)4)17-9-11-18(28-5)12-10-17/h6-13H,14H2,1-5H3,(H,23,27). The molecule has 0 aliphatic rings. The van der Waals surface area contributed by atoms with E-state index in [9.17, 15) is 4.79 Å². The third kappa shape index (κ3) is 4.17. The van der Waals surface area contributed by atoms with Crippen molar-refractivity contribution in [3.05, 3.63) is 59.8 Å². The van der Waals surface area contributed by atoms with Crippen molar-refractivity contribution in [3.8, 4) is 16.9 Å². The highest BCUT2D eigenvalue weighted by atomic mass is 16.5. The number of aromatic nitrogens is 2. The molecule has 0 aliphatic heterocycles. The van der Waals surface area contributed by atoms with Crippen LogP contribution in [0.1, 0.15) is 11.1 Å². The van der Waals surface area contributed by atoms with Crippen molar-refractivity contribution in [2.75, 3.05) is 31.4 Å². The first-order valence-corrected chi connectivity index (χ1v) is 9.14. The van der Waals surface area contributed by atoms with Crippen LogP contribution in [0.5, 0.6) is 5.75 Å². The minimum Gasteiger partial charge on any atom is -0.497 e. The Morgan fingerprint density at radius 3 is 2.32 bits per heavy atom. The minimum absolute atomic E-state index is 0.105. The number of amides is 1. The normalized spacial score (nSPS) is 10.6. The van der Waals surface area contributed by atoms with Gasteiger partial charge in [-0.3, -0.25) is 9.48 Å². The summed E-state index contributed by atoms with van der Waals surface area (Å²) in [5, 5.41) is 7.62. The Kier molecular flexibility index (Phi) is 5.68. The third-order valence-corrected chi connectivity index (χ3v) is 4.62. The van der Waals surface area contributed by atoms with Gasteiger partial charge >= 0.3 is 0 Å². The second kappa shape index (κ2) is 8.17. The van der Waals surface area contributed by atoms with Gasteiger partial charge in [-0.2, -0.15) is 5.10 Å². The number of ether oxygens (including phenoxy) is 1. The van der Waals surface area contributed by atoms with Gasteiger partial charge in [0, 0.05) is 31.5 Å². The number of carbonyl (C=O) groups excluding carboxylic acids is 1. The summed E-state index contributed by atoms with van der Waals surface area (Å²) < 4.78 is 6.91.